The number of nitrogens with one attached hydrogen (secondary N) is 3. The van der Waals surface area contributed by atoms with Crippen LogP contribution in [0.1, 0.15) is 42.4 Å². The first-order chi connectivity index (χ1) is 12.0. The van der Waals surface area contributed by atoms with Gasteiger partial charge in [0.2, 0.25) is 0 Å². The molecule has 2 heterocycles. The second kappa shape index (κ2) is 7.65. The molecule has 132 valence electrons. The molecule has 1 amide bonds. The molecule has 0 unspecified atom stereocenters. The fraction of sp³-hybridized carbons (Fsp3) is 0.389. The summed E-state index contributed by atoms with van der Waals surface area (Å²) in [5.74, 6) is 0.290. The molecule has 25 heavy (non-hydrogen) atoms. The molecule has 1 atom stereocenters. The lowest BCUT2D eigenvalue weighted by Crippen LogP contribution is -2.40. The van der Waals surface area contributed by atoms with Crippen molar-refractivity contribution in [2.75, 3.05) is 18.4 Å². The van der Waals surface area contributed by atoms with Gasteiger partial charge in [0.15, 0.2) is 5.11 Å². The molecular weight excluding hydrogens is 334 g/mol. The van der Waals surface area contributed by atoms with E-state index >= 15 is 0 Å². The normalized spacial score (nSPS) is 16.9. The van der Waals surface area contributed by atoms with Gasteiger partial charge in [-0.3, -0.25) is 9.89 Å². The van der Waals surface area contributed by atoms with Gasteiger partial charge in [-0.1, -0.05) is 32.0 Å². The van der Waals surface area contributed by atoms with Crippen molar-refractivity contribution >= 4 is 28.9 Å². The first kappa shape index (κ1) is 17.4. The summed E-state index contributed by atoms with van der Waals surface area (Å²) >= 11 is 5.36. The summed E-state index contributed by atoms with van der Waals surface area (Å²) in [5, 5.41) is 14.1. The van der Waals surface area contributed by atoms with Crippen LogP contribution >= 0.6 is 12.2 Å². The first-order valence-corrected chi connectivity index (χ1v) is 8.91. The number of para-hydroxylation sites is 1. The number of anilines is 1. The van der Waals surface area contributed by atoms with E-state index in [0.29, 0.717) is 29.8 Å². The van der Waals surface area contributed by atoms with Gasteiger partial charge < -0.3 is 15.5 Å². The van der Waals surface area contributed by atoms with Crippen LogP contribution in [0.4, 0.5) is 5.69 Å². The van der Waals surface area contributed by atoms with Crippen molar-refractivity contribution in [3.63, 3.8) is 0 Å². The maximum absolute atomic E-state index is 12.6. The number of aromatic nitrogens is 2. The first-order valence-electron chi connectivity index (χ1n) is 8.50. The zero-order valence-corrected chi connectivity index (χ0v) is 15.3. The number of aromatic amines is 1. The molecule has 0 bridgehead atoms. The molecule has 0 saturated carbocycles. The topological polar surface area (TPSA) is 73.1 Å². The second-order valence-corrected chi connectivity index (χ2v) is 6.97. The van der Waals surface area contributed by atoms with Gasteiger partial charge in [-0.05, 0) is 42.8 Å². The van der Waals surface area contributed by atoms with Gasteiger partial charge in [0, 0.05) is 30.5 Å². The minimum absolute atomic E-state index is 0.0330. The highest BCUT2D eigenvalue weighted by Crippen LogP contribution is 2.16. The summed E-state index contributed by atoms with van der Waals surface area (Å²) in [5.41, 5.74) is 2.41. The van der Waals surface area contributed by atoms with E-state index in [2.05, 4.69) is 34.7 Å². The molecule has 3 rings (SSSR count). The highest BCUT2D eigenvalue weighted by molar-refractivity contribution is 7.80. The maximum atomic E-state index is 12.6. The zero-order chi connectivity index (χ0) is 17.8. The van der Waals surface area contributed by atoms with Crippen molar-refractivity contribution in [3.8, 4) is 0 Å². The van der Waals surface area contributed by atoms with Gasteiger partial charge >= 0.3 is 0 Å². The summed E-state index contributed by atoms with van der Waals surface area (Å²) in [6.07, 6.45) is 0.865. The molecule has 1 aliphatic heterocycles. The van der Waals surface area contributed by atoms with Crippen LogP contribution in [0.5, 0.6) is 0 Å². The Balaban J connectivity index is 1.52. The molecule has 6 nitrogen and oxygen atoms in total. The Hall–Kier alpha value is -2.41. The molecular formula is C18H23N5OS. The highest BCUT2D eigenvalue weighted by Gasteiger charge is 2.28. The van der Waals surface area contributed by atoms with E-state index in [1.807, 2.05) is 41.3 Å². The van der Waals surface area contributed by atoms with Crippen molar-refractivity contribution in [1.82, 2.24) is 20.4 Å². The molecule has 1 fully saturated rings. The number of likely N-dealkylation sites (tertiary alicyclic amines) is 1. The third kappa shape index (κ3) is 4.36. The average Bonchev–Trinajstić information content (AvgIpc) is 3.24. The number of benzene rings is 1. The number of hydrogen-bond donors (Lipinski definition) is 3. The number of hydrogen-bond acceptors (Lipinski definition) is 3. The van der Waals surface area contributed by atoms with Crippen LogP contribution in [0.25, 0.3) is 0 Å². The second-order valence-electron chi connectivity index (χ2n) is 6.56. The molecule has 2 aromatic rings. The number of thiocarbonyl (C=S) groups is 1. The fourth-order valence-electron chi connectivity index (χ4n) is 2.84. The Kier molecular flexibility index (Phi) is 5.33. The van der Waals surface area contributed by atoms with Gasteiger partial charge in [0.05, 0.1) is 0 Å². The SMILES string of the molecule is CC(C)c1cc(C(=O)N2CC[C@@H](NC(=S)Nc3ccccc3)C2)n[nH]1. The zero-order valence-electron chi connectivity index (χ0n) is 14.5. The average molecular weight is 357 g/mol. The van der Waals surface area contributed by atoms with Crippen molar-refractivity contribution in [2.24, 2.45) is 0 Å². The number of H-pyrrole nitrogens is 1. The van der Waals surface area contributed by atoms with E-state index in [-0.39, 0.29) is 11.9 Å². The number of carbonyl (C=O) groups excluding carboxylic acids is 1. The quantitative estimate of drug-likeness (QED) is 0.734. The van der Waals surface area contributed by atoms with Crippen molar-refractivity contribution < 1.29 is 4.79 Å². The van der Waals surface area contributed by atoms with Crippen LogP contribution in [0, 0.1) is 0 Å². The standard InChI is InChI=1S/C18H23N5OS/c1-12(2)15-10-16(22-21-15)17(24)23-9-8-14(11-23)20-18(25)19-13-6-4-3-5-7-13/h3-7,10,12,14H,8-9,11H2,1-2H3,(H,21,22)(H2,19,20,25)/t14-/m1/s1. The van der Waals surface area contributed by atoms with Crippen molar-refractivity contribution in [1.29, 1.82) is 0 Å². The molecule has 3 N–H and O–H groups in total. The predicted octanol–water partition coefficient (Wildman–Crippen LogP) is 2.73. The Labute approximate surface area is 153 Å². The molecule has 0 aliphatic carbocycles. The summed E-state index contributed by atoms with van der Waals surface area (Å²) in [6, 6.07) is 11.8. The number of amides is 1. The maximum Gasteiger partial charge on any atom is 0.274 e. The van der Waals surface area contributed by atoms with Crippen molar-refractivity contribution in [3.05, 3.63) is 47.8 Å². The van der Waals surface area contributed by atoms with E-state index in [1.54, 1.807) is 0 Å². The van der Waals surface area contributed by atoms with Crippen LogP contribution < -0.4 is 10.6 Å². The highest BCUT2D eigenvalue weighted by atomic mass is 32.1. The van der Waals surface area contributed by atoms with Gasteiger partial charge in [-0.25, -0.2) is 0 Å². The fourth-order valence-corrected chi connectivity index (χ4v) is 3.13. The lowest BCUT2D eigenvalue weighted by atomic mass is 10.1. The molecule has 1 aliphatic rings. The number of nitrogens with zero attached hydrogens (tertiary/aromatic N) is 2. The van der Waals surface area contributed by atoms with Crippen LogP contribution in [-0.4, -0.2) is 45.2 Å². The predicted molar refractivity (Wildman–Crippen MR) is 103 cm³/mol. The van der Waals surface area contributed by atoms with Gasteiger partial charge in [-0.15, -0.1) is 0 Å². The van der Waals surface area contributed by atoms with Crippen LogP contribution in [0.15, 0.2) is 36.4 Å². The lowest BCUT2D eigenvalue weighted by molar-refractivity contribution is 0.0784. The van der Waals surface area contributed by atoms with E-state index in [1.165, 1.54) is 0 Å². The Morgan fingerprint density at radius 2 is 2.12 bits per heavy atom. The van der Waals surface area contributed by atoms with Gasteiger partial charge in [0.1, 0.15) is 5.69 Å². The lowest BCUT2D eigenvalue weighted by Gasteiger charge is -2.17. The summed E-state index contributed by atoms with van der Waals surface area (Å²) in [7, 11) is 0. The third-order valence-corrected chi connectivity index (χ3v) is 4.50. The number of rotatable bonds is 4. The minimum atomic E-state index is -0.0330. The number of carbonyl (C=O) groups is 1. The van der Waals surface area contributed by atoms with Gasteiger partial charge in [0.25, 0.3) is 5.91 Å². The molecule has 1 saturated heterocycles. The molecule has 7 heteroatoms. The molecule has 0 radical (unpaired) electrons. The smallest absolute Gasteiger partial charge is 0.274 e. The summed E-state index contributed by atoms with van der Waals surface area (Å²) < 4.78 is 0. The van der Waals surface area contributed by atoms with E-state index < -0.39 is 0 Å². The van der Waals surface area contributed by atoms with E-state index in [0.717, 1.165) is 17.8 Å². The summed E-state index contributed by atoms with van der Waals surface area (Å²) in [4.78, 5) is 14.4. The van der Waals surface area contributed by atoms with Crippen molar-refractivity contribution in [2.45, 2.75) is 32.2 Å². The Morgan fingerprint density at radius 3 is 2.80 bits per heavy atom. The molecule has 0 spiro atoms. The monoisotopic (exact) mass is 357 g/mol. The summed E-state index contributed by atoms with van der Waals surface area (Å²) in [6.45, 7) is 5.46. The minimum Gasteiger partial charge on any atom is -0.358 e. The van der Waals surface area contributed by atoms with E-state index in [4.69, 9.17) is 12.2 Å². The largest absolute Gasteiger partial charge is 0.358 e. The Morgan fingerprint density at radius 1 is 1.36 bits per heavy atom. The Bertz CT molecular complexity index is 743. The van der Waals surface area contributed by atoms with Crippen LogP contribution in [0.3, 0.4) is 0 Å². The molecule has 1 aromatic carbocycles. The van der Waals surface area contributed by atoms with Crippen LogP contribution in [-0.2, 0) is 0 Å². The van der Waals surface area contributed by atoms with E-state index in [9.17, 15) is 4.79 Å². The van der Waals surface area contributed by atoms with Crippen LogP contribution in [0.2, 0.25) is 0 Å². The molecule has 1 aromatic heterocycles. The third-order valence-electron chi connectivity index (χ3n) is 4.28. The van der Waals surface area contributed by atoms with Gasteiger partial charge in [-0.2, -0.15) is 5.10 Å².